The van der Waals surface area contributed by atoms with Crippen LogP contribution in [-0.4, -0.2) is 6.54 Å². The number of benzene rings is 1. The second kappa shape index (κ2) is 6.80. The van der Waals surface area contributed by atoms with Crippen molar-refractivity contribution in [1.82, 2.24) is 0 Å². The zero-order valence-corrected chi connectivity index (χ0v) is 13.0. The first-order chi connectivity index (χ1) is 8.44. The summed E-state index contributed by atoms with van der Waals surface area (Å²) in [5.41, 5.74) is 2.22. The molecule has 0 spiro atoms. The Morgan fingerprint density at radius 2 is 2.06 bits per heavy atom. The van der Waals surface area contributed by atoms with Gasteiger partial charge in [0.2, 0.25) is 0 Å². The molecule has 0 aliphatic heterocycles. The van der Waals surface area contributed by atoms with Crippen molar-refractivity contribution in [2.45, 2.75) is 40.0 Å². The van der Waals surface area contributed by atoms with Crippen molar-refractivity contribution in [2.75, 3.05) is 11.9 Å². The van der Waals surface area contributed by atoms with E-state index in [-0.39, 0.29) is 5.41 Å². The summed E-state index contributed by atoms with van der Waals surface area (Å²) in [6.07, 6.45) is 3.15. The average Bonchev–Trinajstić information content (AvgIpc) is 2.33. The largest absolute Gasteiger partial charge is 0.385 e. The topological polar surface area (TPSA) is 35.8 Å². The van der Waals surface area contributed by atoms with E-state index in [1.807, 2.05) is 13.8 Å². The number of hydrogen-bond acceptors (Lipinski definition) is 2. The van der Waals surface area contributed by atoms with E-state index in [1.165, 1.54) is 5.56 Å². The Balaban J connectivity index is 2.26. The van der Waals surface area contributed by atoms with Crippen LogP contribution in [0, 0.1) is 23.7 Å². The van der Waals surface area contributed by atoms with Gasteiger partial charge in [-0.05, 0) is 57.4 Å². The molecule has 0 heterocycles. The monoisotopic (exact) mass is 308 g/mol. The number of hydrogen-bond donors (Lipinski definition) is 1. The van der Waals surface area contributed by atoms with Crippen molar-refractivity contribution in [3.8, 4) is 6.07 Å². The molecule has 0 fully saturated rings. The second-order valence-electron chi connectivity index (χ2n) is 5.34. The Morgan fingerprint density at radius 3 is 2.67 bits per heavy atom. The highest BCUT2D eigenvalue weighted by Gasteiger charge is 2.15. The zero-order valence-electron chi connectivity index (χ0n) is 11.4. The quantitative estimate of drug-likeness (QED) is 0.759. The van der Waals surface area contributed by atoms with E-state index in [2.05, 4.69) is 52.4 Å². The fourth-order valence-corrected chi connectivity index (χ4v) is 1.98. The predicted molar refractivity (Wildman–Crippen MR) is 80.6 cm³/mol. The summed E-state index contributed by atoms with van der Waals surface area (Å²) in [5, 5.41) is 12.3. The number of halogens is 1. The maximum Gasteiger partial charge on any atom is 0.0683 e. The minimum Gasteiger partial charge on any atom is -0.385 e. The van der Waals surface area contributed by atoms with E-state index in [1.54, 1.807) is 0 Å². The summed E-state index contributed by atoms with van der Waals surface area (Å²) in [5.74, 6) is 0. The van der Waals surface area contributed by atoms with Gasteiger partial charge in [0.15, 0.2) is 0 Å². The average molecular weight is 309 g/mol. The molecule has 0 saturated carbocycles. The molecule has 1 aromatic carbocycles. The highest BCUT2D eigenvalue weighted by atomic mass is 79.9. The van der Waals surface area contributed by atoms with E-state index in [9.17, 15) is 0 Å². The third-order valence-corrected chi connectivity index (χ3v) is 3.91. The maximum absolute atomic E-state index is 8.92. The van der Waals surface area contributed by atoms with Crippen LogP contribution in [0.15, 0.2) is 22.7 Å². The molecule has 0 atom stereocenters. The Bertz CT molecular complexity index is 433. The van der Waals surface area contributed by atoms with Gasteiger partial charge in [0, 0.05) is 16.7 Å². The SMILES string of the molecule is Cc1cc(NCCCCC(C)(C)C#N)ccc1Br. The number of rotatable bonds is 6. The number of nitriles is 1. The Morgan fingerprint density at radius 1 is 1.33 bits per heavy atom. The van der Waals surface area contributed by atoms with Crippen LogP contribution in [0.25, 0.3) is 0 Å². The highest BCUT2D eigenvalue weighted by Crippen LogP contribution is 2.22. The van der Waals surface area contributed by atoms with Crippen molar-refractivity contribution in [3.05, 3.63) is 28.2 Å². The zero-order chi connectivity index (χ0) is 13.6. The van der Waals surface area contributed by atoms with Gasteiger partial charge in [0.25, 0.3) is 0 Å². The molecule has 0 aliphatic rings. The molecular formula is C15H21BrN2. The van der Waals surface area contributed by atoms with Crippen LogP contribution in [0.5, 0.6) is 0 Å². The Kier molecular flexibility index (Phi) is 5.68. The summed E-state index contributed by atoms with van der Waals surface area (Å²) in [4.78, 5) is 0. The standard InChI is InChI=1S/C15H21BrN2/c1-12-10-13(6-7-14(12)16)18-9-5-4-8-15(2,3)11-17/h6-7,10,18H,4-5,8-9H2,1-3H3. The van der Waals surface area contributed by atoms with E-state index >= 15 is 0 Å². The molecule has 1 aromatic rings. The van der Waals surface area contributed by atoms with Gasteiger partial charge in [-0.1, -0.05) is 22.4 Å². The van der Waals surface area contributed by atoms with E-state index in [4.69, 9.17) is 5.26 Å². The van der Waals surface area contributed by atoms with Gasteiger partial charge < -0.3 is 5.32 Å². The molecule has 2 nitrogen and oxygen atoms in total. The van der Waals surface area contributed by atoms with Gasteiger partial charge in [-0.15, -0.1) is 0 Å². The van der Waals surface area contributed by atoms with E-state index < -0.39 is 0 Å². The number of unbranched alkanes of at least 4 members (excludes halogenated alkanes) is 1. The first-order valence-electron chi connectivity index (χ1n) is 6.36. The van der Waals surface area contributed by atoms with Gasteiger partial charge in [0.05, 0.1) is 11.5 Å². The van der Waals surface area contributed by atoms with Crippen LogP contribution in [-0.2, 0) is 0 Å². The summed E-state index contributed by atoms with van der Waals surface area (Å²) in [6.45, 7) is 7.05. The molecule has 0 unspecified atom stereocenters. The van der Waals surface area contributed by atoms with E-state index in [0.29, 0.717) is 0 Å². The second-order valence-corrected chi connectivity index (χ2v) is 6.20. The van der Waals surface area contributed by atoms with Crippen LogP contribution < -0.4 is 5.32 Å². The van der Waals surface area contributed by atoms with Crippen LogP contribution in [0.4, 0.5) is 5.69 Å². The number of nitrogens with zero attached hydrogens (tertiary/aromatic N) is 1. The summed E-state index contributed by atoms with van der Waals surface area (Å²) in [7, 11) is 0. The third kappa shape index (κ3) is 5.10. The molecule has 0 saturated heterocycles. The first-order valence-corrected chi connectivity index (χ1v) is 7.15. The molecule has 0 radical (unpaired) electrons. The number of anilines is 1. The summed E-state index contributed by atoms with van der Waals surface area (Å²) < 4.78 is 1.14. The smallest absolute Gasteiger partial charge is 0.0683 e. The lowest BCUT2D eigenvalue weighted by Crippen LogP contribution is -2.09. The van der Waals surface area contributed by atoms with Crippen LogP contribution in [0.3, 0.4) is 0 Å². The van der Waals surface area contributed by atoms with Crippen LogP contribution >= 0.6 is 15.9 Å². The first kappa shape index (κ1) is 15.0. The maximum atomic E-state index is 8.92. The van der Waals surface area contributed by atoms with Crippen molar-refractivity contribution in [1.29, 1.82) is 5.26 Å². The molecule has 0 amide bonds. The Hall–Kier alpha value is -1.01. The molecule has 18 heavy (non-hydrogen) atoms. The van der Waals surface area contributed by atoms with Crippen molar-refractivity contribution < 1.29 is 0 Å². The molecule has 3 heteroatoms. The molecule has 0 aliphatic carbocycles. The number of nitrogens with one attached hydrogen (secondary N) is 1. The van der Waals surface area contributed by atoms with Crippen LogP contribution in [0.2, 0.25) is 0 Å². The van der Waals surface area contributed by atoms with E-state index in [0.717, 1.165) is 36.0 Å². The minimum absolute atomic E-state index is 0.186. The van der Waals surface area contributed by atoms with Crippen LogP contribution in [0.1, 0.15) is 38.7 Å². The Labute approximate surface area is 119 Å². The normalized spacial score (nSPS) is 11.1. The highest BCUT2D eigenvalue weighted by molar-refractivity contribution is 9.10. The van der Waals surface area contributed by atoms with Gasteiger partial charge >= 0.3 is 0 Å². The molecule has 1 rings (SSSR count). The molecule has 0 aromatic heterocycles. The van der Waals surface area contributed by atoms with Gasteiger partial charge in [-0.2, -0.15) is 5.26 Å². The number of aryl methyl sites for hydroxylation is 1. The van der Waals surface area contributed by atoms with Crippen molar-refractivity contribution in [2.24, 2.45) is 5.41 Å². The summed E-state index contributed by atoms with van der Waals surface area (Å²) in [6, 6.07) is 8.63. The molecule has 0 bridgehead atoms. The van der Waals surface area contributed by atoms with Crippen molar-refractivity contribution >= 4 is 21.6 Å². The lowest BCUT2D eigenvalue weighted by Gasteiger charge is -2.14. The van der Waals surface area contributed by atoms with Gasteiger partial charge in [0.1, 0.15) is 0 Å². The lowest BCUT2D eigenvalue weighted by atomic mass is 9.89. The fourth-order valence-electron chi connectivity index (χ4n) is 1.74. The third-order valence-electron chi connectivity index (χ3n) is 3.02. The van der Waals surface area contributed by atoms with Gasteiger partial charge in [-0.3, -0.25) is 0 Å². The fraction of sp³-hybridized carbons (Fsp3) is 0.533. The summed E-state index contributed by atoms with van der Waals surface area (Å²) >= 11 is 3.49. The van der Waals surface area contributed by atoms with Gasteiger partial charge in [-0.25, -0.2) is 0 Å². The van der Waals surface area contributed by atoms with Crippen molar-refractivity contribution in [3.63, 3.8) is 0 Å². The molecular weight excluding hydrogens is 288 g/mol. The predicted octanol–water partition coefficient (Wildman–Crippen LogP) is 4.89. The minimum atomic E-state index is -0.186. The molecule has 1 N–H and O–H groups in total. The molecule has 98 valence electrons. The lowest BCUT2D eigenvalue weighted by molar-refractivity contribution is 0.430.